The van der Waals surface area contributed by atoms with Gasteiger partial charge in [0.25, 0.3) is 5.78 Å². The molecule has 0 radical (unpaired) electrons. The maximum absolute atomic E-state index is 12.5. The van der Waals surface area contributed by atoms with Gasteiger partial charge in [-0.1, -0.05) is 18.7 Å². The van der Waals surface area contributed by atoms with Crippen LogP contribution in [0.5, 0.6) is 0 Å². The maximum atomic E-state index is 12.5. The van der Waals surface area contributed by atoms with E-state index in [4.69, 9.17) is 4.74 Å². The summed E-state index contributed by atoms with van der Waals surface area (Å²) < 4.78 is 6.90. The molecule has 0 atom stereocenters. The molecule has 28 heavy (non-hydrogen) atoms. The fourth-order valence-corrected chi connectivity index (χ4v) is 4.44. The summed E-state index contributed by atoms with van der Waals surface area (Å²) in [5, 5.41) is 12.1. The van der Waals surface area contributed by atoms with Crippen molar-refractivity contribution in [1.29, 1.82) is 0 Å². The molecule has 3 aromatic rings. The number of aryl methyl sites for hydroxylation is 3. The first-order valence-corrected chi connectivity index (χ1v) is 10.6. The lowest BCUT2D eigenvalue weighted by atomic mass is 10.2. The summed E-state index contributed by atoms with van der Waals surface area (Å²) in [6, 6.07) is 3.71. The Morgan fingerprint density at radius 3 is 2.75 bits per heavy atom. The number of ether oxygens (including phenoxy) is 1. The Morgan fingerprint density at radius 2 is 2.04 bits per heavy atom. The minimum Gasteiger partial charge on any atom is -0.462 e. The van der Waals surface area contributed by atoms with Gasteiger partial charge in [-0.2, -0.15) is 0 Å². The number of fused-ring (bicyclic) bond motifs is 1. The van der Waals surface area contributed by atoms with Gasteiger partial charge in [0.05, 0.1) is 17.9 Å². The van der Waals surface area contributed by atoms with E-state index in [2.05, 4.69) is 20.5 Å². The van der Waals surface area contributed by atoms with Crippen molar-refractivity contribution < 1.29 is 14.3 Å². The van der Waals surface area contributed by atoms with Gasteiger partial charge in [-0.3, -0.25) is 9.20 Å². The molecule has 0 aliphatic heterocycles. The Bertz CT molecular complexity index is 1030. The van der Waals surface area contributed by atoms with E-state index in [-0.39, 0.29) is 18.3 Å². The molecule has 0 aliphatic carbocycles. The highest BCUT2D eigenvalue weighted by molar-refractivity contribution is 7.99. The van der Waals surface area contributed by atoms with Crippen LogP contribution >= 0.6 is 23.1 Å². The van der Waals surface area contributed by atoms with Gasteiger partial charge in [-0.15, -0.1) is 21.5 Å². The topological polar surface area (TPSA) is 98.5 Å². The Morgan fingerprint density at radius 1 is 1.25 bits per heavy atom. The van der Waals surface area contributed by atoms with Gasteiger partial charge in [0, 0.05) is 16.3 Å². The average molecular weight is 420 g/mol. The minimum atomic E-state index is -0.429. The van der Waals surface area contributed by atoms with Crippen molar-refractivity contribution in [3.8, 4) is 0 Å². The molecule has 0 aromatic carbocycles. The number of anilines is 1. The van der Waals surface area contributed by atoms with Gasteiger partial charge >= 0.3 is 5.97 Å². The molecule has 8 nitrogen and oxygen atoms in total. The van der Waals surface area contributed by atoms with Crippen LogP contribution < -0.4 is 5.32 Å². The van der Waals surface area contributed by atoms with E-state index in [0.717, 1.165) is 22.7 Å². The van der Waals surface area contributed by atoms with E-state index in [0.29, 0.717) is 21.5 Å². The molecule has 0 saturated heterocycles. The first kappa shape index (κ1) is 20.3. The number of rotatable bonds is 7. The average Bonchev–Trinajstić information content (AvgIpc) is 3.24. The molecular formula is C18H21N5O3S2. The fourth-order valence-electron chi connectivity index (χ4n) is 2.66. The molecule has 0 saturated carbocycles. The molecule has 10 heteroatoms. The van der Waals surface area contributed by atoms with Crippen LogP contribution in [-0.2, 0) is 16.0 Å². The Hall–Kier alpha value is -2.46. The third kappa shape index (κ3) is 4.33. The summed E-state index contributed by atoms with van der Waals surface area (Å²) in [6.45, 7) is 7.87. The van der Waals surface area contributed by atoms with Crippen LogP contribution in [-0.4, -0.2) is 43.8 Å². The first-order valence-electron chi connectivity index (χ1n) is 8.84. The molecular weight excluding hydrogens is 398 g/mol. The second-order valence-corrected chi connectivity index (χ2v) is 8.10. The van der Waals surface area contributed by atoms with Gasteiger partial charge in [-0.25, -0.2) is 9.78 Å². The van der Waals surface area contributed by atoms with Crippen LogP contribution in [0.1, 0.15) is 40.5 Å². The number of esters is 1. The number of carbonyl (C=O) groups excluding carboxylic acids is 2. The standard InChI is InChI=1S/C18H21N5O3S2/c1-5-12-8-13(16(25)26-6-2)15(28-12)20-14(24)9-27-18-22-21-17-19-10(3)7-11(4)23(17)18/h7-8H,5-6,9H2,1-4H3,(H,20,24). The van der Waals surface area contributed by atoms with E-state index in [1.54, 1.807) is 13.0 Å². The Balaban J connectivity index is 1.72. The number of nitrogens with zero attached hydrogens (tertiary/aromatic N) is 4. The van der Waals surface area contributed by atoms with Crippen LogP contribution in [0.25, 0.3) is 5.78 Å². The van der Waals surface area contributed by atoms with Gasteiger partial charge < -0.3 is 10.1 Å². The van der Waals surface area contributed by atoms with Gasteiger partial charge in [0.2, 0.25) is 5.91 Å². The molecule has 0 unspecified atom stereocenters. The highest BCUT2D eigenvalue weighted by Gasteiger charge is 2.19. The van der Waals surface area contributed by atoms with E-state index < -0.39 is 5.97 Å². The first-order chi connectivity index (χ1) is 13.4. The zero-order valence-electron chi connectivity index (χ0n) is 16.1. The van der Waals surface area contributed by atoms with Crippen molar-refractivity contribution in [2.75, 3.05) is 17.7 Å². The molecule has 0 spiro atoms. The largest absolute Gasteiger partial charge is 0.462 e. The Kier molecular flexibility index (Phi) is 6.30. The molecule has 3 heterocycles. The summed E-state index contributed by atoms with van der Waals surface area (Å²) in [5.41, 5.74) is 2.21. The van der Waals surface area contributed by atoms with E-state index in [1.165, 1.54) is 23.1 Å². The predicted molar refractivity (Wildman–Crippen MR) is 109 cm³/mol. The van der Waals surface area contributed by atoms with Crippen LogP contribution in [0.3, 0.4) is 0 Å². The van der Waals surface area contributed by atoms with E-state index in [1.807, 2.05) is 31.2 Å². The van der Waals surface area contributed by atoms with Crippen LogP contribution in [0.4, 0.5) is 5.00 Å². The second-order valence-electron chi connectivity index (χ2n) is 6.02. The number of hydrogen-bond acceptors (Lipinski definition) is 8. The van der Waals surface area contributed by atoms with Crippen molar-refractivity contribution in [2.24, 2.45) is 0 Å². The summed E-state index contributed by atoms with van der Waals surface area (Å²) in [6.07, 6.45) is 0.777. The quantitative estimate of drug-likeness (QED) is 0.463. The minimum absolute atomic E-state index is 0.135. The molecule has 0 bridgehead atoms. The third-order valence-electron chi connectivity index (χ3n) is 3.88. The summed E-state index contributed by atoms with van der Waals surface area (Å²) in [5.74, 6) is -0.0114. The summed E-state index contributed by atoms with van der Waals surface area (Å²) in [4.78, 5) is 29.9. The van der Waals surface area contributed by atoms with Crippen LogP contribution in [0.2, 0.25) is 0 Å². The van der Waals surface area contributed by atoms with Crippen molar-refractivity contribution in [3.05, 3.63) is 34.0 Å². The summed E-state index contributed by atoms with van der Waals surface area (Å²) in [7, 11) is 0. The number of amides is 1. The molecule has 0 fully saturated rings. The smallest absolute Gasteiger partial charge is 0.341 e. The third-order valence-corrected chi connectivity index (χ3v) is 6.00. The predicted octanol–water partition coefficient (Wildman–Crippen LogP) is 3.27. The van der Waals surface area contributed by atoms with Crippen LogP contribution in [0.15, 0.2) is 17.3 Å². The molecule has 0 aliphatic rings. The number of hydrogen-bond donors (Lipinski definition) is 1. The lowest BCUT2D eigenvalue weighted by Gasteiger charge is -2.06. The summed E-state index contributed by atoms with van der Waals surface area (Å²) >= 11 is 2.65. The fraction of sp³-hybridized carbons (Fsp3) is 0.389. The lowest BCUT2D eigenvalue weighted by Crippen LogP contribution is -2.16. The number of aromatic nitrogens is 4. The second kappa shape index (κ2) is 8.70. The van der Waals surface area contributed by atoms with Gasteiger partial charge in [-0.05, 0) is 39.3 Å². The van der Waals surface area contributed by atoms with Crippen molar-refractivity contribution in [1.82, 2.24) is 19.6 Å². The highest BCUT2D eigenvalue weighted by Crippen LogP contribution is 2.30. The number of nitrogens with one attached hydrogen (secondary N) is 1. The number of carbonyl (C=O) groups is 2. The molecule has 1 amide bonds. The molecule has 148 valence electrons. The Labute approximate surface area is 170 Å². The number of thioether (sulfide) groups is 1. The van der Waals surface area contributed by atoms with Crippen molar-refractivity contribution >= 4 is 45.8 Å². The maximum Gasteiger partial charge on any atom is 0.341 e. The molecule has 1 N–H and O–H groups in total. The zero-order chi connectivity index (χ0) is 20.3. The van der Waals surface area contributed by atoms with E-state index in [9.17, 15) is 9.59 Å². The number of thiophene rings is 1. The monoisotopic (exact) mass is 419 g/mol. The lowest BCUT2D eigenvalue weighted by molar-refractivity contribution is -0.113. The SMILES string of the molecule is CCOC(=O)c1cc(CC)sc1NC(=O)CSc1nnc2nc(C)cc(C)n12. The highest BCUT2D eigenvalue weighted by atomic mass is 32.2. The molecule has 3 aromatic heterocycles. The van der Waals surface area contributed by atoms with Crippen LogP contribution in [0, 0.1) is 13.8 Å². The van der Waals surface area contributed by atoms with Gasteiger partial charge in [0.15, 0.2) is 5.16 Å². The molecule has 3 rings (SSSR count). The zero-order valence-corrected chi connectivity index (χ0v) is 17.7. The van der Waals surface area contributed by atoms with Crippen molar-refractivity contribution in [3.63, 3.8) is 0 Å². The normalized spacial score (nSPS) is 11.0. The van der Waals surface area contributed by atoms with E-state index >= 15 is 0 Å². The van der Waals surface area contributed by atoms with Gasteiger partial charge in [0.1, 0.15) is 5.00 Å². The van der Waals surface area contributed by atoms with Crippen molar-refractivity contribution in [2.45, 2.75) is 39.3 Å².